The SMILES string of the molecule is Cc1ccccc1/C=C/C(=O)NCCc1cccc(F)c1. The van der Waals surface area contributed by atoms with Crippen LogP contribution >= 0.6 is 0 Å². The minimum absolute atomic E-state index is 0.144. The molecule has 0 radical (unpaired) electrons. The van der Waals surface area contributed by atoms with Crippen LogP contribution in [0.3, 0.4) is 0 Å². The molecule has 0 aromatic heterocycles. The van der Waals surface area contributed by atoms with Crippen molar-refractivity contribution in [1.29, 1.82) is 0 Å². The summed E-state index contributed by atoms with van der Waals surface area (Å²) in [7, 11) is 0. The molecular formula is C18H18FNO. The van der Waals surface area contributed by atoms with E-state index < -0.39 is 0 Å². The molecular weight excluding hydrogens is 265 g/mol. The minimum Gasteiger partial charge on any atom is -0.352 e. The van der Waals surface area contributed by atoms with Gasteiger partial charge in [0.2, 0.25) is 5.91 Å². The number of halogens is 1. The number of hydrogen-bond donors (Lipinski definition) is 1. The third-order valence-electron chi connectivity index (χ3n) is 3.20. The van der Waals surface area contributed by atoms with Crippen molar-refractivity contribution in [2.24, 2.45) is 0 Å². The van der Waals surface area contributed by atoms with E-state index in [-0.39, 0.29) is 11.7 Å². The summed E-state index contributed by atoms with van der Waals surface area (Å²) in [5.41, 5.74) is 3.03. The molecule has 0 saturated carbocycles. The summed E-state index contributed by atoms with van der Waals surface area (Å²) in [6.45, 7) is 2.49. The van der Waals surface area contributed by atoms with Gasteiger partial charge in [0.15, 0.2) is 0 Å². The molecule has 0 aliphatic carbocycles. The highest BCUT2D eigenvalue weighted by atomic mass is 19.1. The number of benzene rings is 2. The summed E-state index contributed by atoms with van der Waals surface area (Å²) in [5, 5.41) is 2.79. The van der Waals surface area contributed by atoms with E-state index in [4.69, 9.17) is 0 Å². The van der Waals surface area contributed by atoms with E-state index in [2.05, 4.69) is 5.32 Å². The van der Waals surface area contributed by atoms with Crippen molar-refractivity contribution in [2.45, 2.75) is 13.3 Å². The number of aryl methyl sites for hydroxylation is 1. The maximum atomic E-state index is 13.0. The van der Waals surface area contributed by atoms with Crippen molar-refractivity contribution in [2.75, 3.05) is 6.54 Å². The summed E-state index contributed by atoms with van der Waals surface area (Å²) in [6.07, 6.45) is 3.93. The van der Waals surface area contributed by atoms with E-state index in [0.717, 1.165) is 16.7 Å². The lowest BCUT2D eigenvalue weighted by atomic mass is 10.1. The van der Waals surface area contributed by atoms with Gasteiger partial charge < -0.3 is 5.32 Å². The molecule has 21 heavy (non-hydrogen) atoms. The van der Waals surface area contributed by atoms with Crippen LogP contribution in [-0.2, 0) is 11.2 Å². The predicted octanol–water partition coefficient (Wildman–Crippen LogP) is 3.51. The summed E-state index contributed by atoms with van der Waals surface area (Å²) in [5.74, 6) is -0.395. The maximum absolute atomic E-state index is 13.0. The average molecular weight is 283 g/mol. The van der Waals surface area contributed by atoms with E-state index in [1.807, 2.05) is 37.3 Å². The van der Waals surface area contributed by atoms with Crippen LogP contribution in [0, 0.1) is 12.7 Å². The van der Waals surface area contributed by atoms with Crippen molar-refractivity contribution in [3.8, 4) is 0 Å². The van der Waals surface area contributed by atoms with Gasteiger partial charge in [-0.3, -0.25) is 4.79 Å². The molecule has 0 unspecified atom stereocenters. The highest BCUT2D eigenvalue weighted by molar-refractivity contribution is 5.91. The van der Waals surface area contributed by atoms with Gasteiger partial charge in [-0.25, -0.2) is 4.39 Å². The van der Waals surface area contributed by atoms with Gasteiger partial charge in [0.1, 0.15) is 5.82 Å². The average Bonchev–Trinajstić information content (AvgIpc) is 2.46. The summed E-state index contributed by atoms with van der Waals surface area (Å²) in [6, 6.07) is 14.3. The summed E-state index contributed by atoms with van der Waals surface area (Å²) < 4.78 is 13.0. The number of amides is 1. The largest absolute Gasteiger partial charge is 0.352 e. The van der Waals surface area contributed by atoms with Crippen LogP contribution in [0.25, 0.3) is 6.08 Å². The monoisotopic (exact) mass is 283 g/mol. The molecule has 0 aliphatic heterocycles. The molecule has 0 bridgehead atoms. The Morgan fingerprint density at radius 2 is 2.00 bits per heavy atom. The normalized spacial score (nSPS) is 10.8. The van der Waals surface area contributed by atoms with Crippen molar-refractivity contribution >= 4 is 12.0 Å². The Bertz CT molecular complexity index is 649. The predicted molar refractivity (Wildman–Crippen MR) is 83.3 cm³/mol. The van der Waals surface area contributed by atoms with Crippen molar-refractivity contribution in [3.63, 3.8) is 0 Å². The van der Waals surface area contributed by atoms with Gasteiger partial charge in [-0.1, -0.05) is 36.4 Å². The molecule has 0 aliphatic rings. The van der Waals surface area contributed by atoms with E-state index in [0.29, 0.717) is 13.0 Å². The van der Waals surface area contributed by atoms with Gasteiger partial charge in [0.05, 0.1) is 0 Å². The molecule has 2 nitrogen and oxygen atoms in total. The van der Waals surface area contributed by atoms with E-state index in [9.17, 15) is 9.18 Å². The van der Waals surface area contributed by atoms with Crippen molar-refractivity contribution < 1.29 is 9.18 Å². The van der Waals surface area contributed by atoms with Crippen LogP contribution in [0.1, 0.15) is 16.7 Å². The molecule has 1 N–H and O–H groups in total. The van der Waals surface area contributed by atoms with Crippen LogP contribution in [-0.4, -0.2) is 12.5 Å². The Kier molecular flexibility index (Phi) is 5.27. The number of hydrogen-bond acceptors (Lipinski definition) is 1. The smallest absolute Gasteiger partial charge is 0.244 e. The second kappa shape index (κ2) is 7.39. The molecule has 0 spiro atoms. The highest BCUT2D eigenvalue weighted by Gasteiger charge is 1.98. The molecule has 3 heteroatoms. The van der Waals surface area contributed by atoms with Gasteiger partial charge in [0.25, 0.3) is 0 Å². The fourth-order valence-electron chi connectivity index (χ4n) is 2.02. The zero-order valence-electron chi connectivity index (χ0n) is 12.0. The van der Waals surface area contributed by atoms with E-state index >= 15 is 0 Å². The molecule has 2 rings (SSSR count). The Balaban J connectivity index is 1.81. The van der Waals surface area contributed by atoms with E-state index in [1.54, 1.807) is 12.1 Å². The van der Waals surface area contributed by atoms with Gasteiger partial charge in [-0.05, 0) is 48.2 Å². The molecule has 108 valence electrons. The number of rotatable bonds is 5. The van der Waals surface area contributed by atoms with E-state index in [1.165, 1.54) is 18.2 Å². The highest BCUT2D eigenvalue weighted by Crippen LogP contribution is 2.08. The second-order valence-corrected chi connectivity index (χ2v) is 4.86. The fraction of sp³-hybridized carbons (Fsp3) is 0.167. The van der Waals surface area contributed by atoms with Crippen LogP contribution in [0.15, 0.2) is 54.6 Å². The van der Waals surface area contributed by atoms with Crippen molar-refractivity contribution in [1.82, 2.24) is 5.32 Å². The maximum Gasteiger partial charge on any atom is 0.244 e. The van der Waals surface area contributed by atoms with Gasteiger partial charge in [-0.15, -0.1) is 0 Å². The molecule has 1 amide bonds. The lowest BCUT2D eigenvalue weighted by Crippen LogP contribution is -2.23. The molecule has 2 aromatic carbocycles. The molecule has 0 saturated heterocycles. The Hall–Kier alpha value is -2.42. The zero-order chi connectivity index (χ0) is 15.1. The third-order valence-corrected chi connectivity index (χ3v) is 3.20. The summed E-state index contributed by atoms with van der Waals surface area (Å²) >= 11 is 0. The Morgan fingerprint density at radius 3 is 2.76 bits per heavy atom. The first kappa shape index (κ1) is 15.0. The van der Waals surface area contributed by atoms with Crippen LogP contribution in [0.2, 0.25) is 0 Å². The van der Waals surface area contributed by atoms with Crippen LogP contribution in [0.5, 0.6) is 0 Å². The number of carbonyl (C=O) groups is 1. The molecule has 2 aromatic rings. The van der Waals surface area contributed by atoms with Gasteiger partial charge in [-0.2, -0.15) is 0 Å². The van der Waals surface area contributed by atoms with Gasteiger partial charge in [0, 0.05) is 12.6 Å². The first-order valence-corrected chi connectivity index (χ1v) is 6.91. The van der Waals surface area contributed by atoms with Gasteiger partial charge >= 0.3 is 0 Å². The minimum atomic E-state index is -0.252. The molecule has 0 atom stereocenters. The first-order valence-electron chi connectivity index (χ1n) is 6.91. The second-order valence-electron chi connectivity index (χ2n) is 4.86. The standard InChI is InChI=1S/C18H18FNO/c1-14-5-2-3-7-16(14)9-10-18(21)20-12-11-15-6-4-8-17(19)13-15/h2-10,13H,11-12H2,1H3,(H,20,21)/b10-9+. The first-order chi connectivity index (χ1) is 10.1. The number of nitrogens with one attached hydrogen (secondary N) is 1. The Morgan fingerprint density at radius 1 is 1.19 bits per heavy atom. The fourth-order valence-corrected chi connectivity index (χ4v) is 2.02. The molecule has 0 fully saturated rings. The molecule has 0 heterocycles. The topological polar surface area (TPSA) is 29.1 Å². The van der Waals surface area contributed by atoms with Crippen LogP contribution in [0.4, 0.5) is 4.39 Å². The van der Waals surface area contributed by atoms with Crippen LogP contribution < -0.4 is 5.32 Å². The quantitative estimate of drug-likeness (QED) is 0.836. The lowest BCUT2D eigenvalue weighted by molar-refractivity contribution is -0.116. The zero-order valence-corrected chi connectivity index (χ0v) is 12.0. The summed E-state index contributed by atoms with van der Waals surface area (Å²) in [4.78, 5) is 11.7. The number of carbonyl (C=O) groups excluding carboxylic acids is 1. The van der Waals surface area contributed by atoms with Crippen molar-refractivity contribution in [3.05, 3.63) is 77.1 Å². The third kappa shape index (κ3) is 4.88. The Labute approximate surface area is 124 Å². The lowest BCUT2D eigenvalue weighted by Gasteiger charge is -2.03.